The molecule has 0 spiro atoms. The minimum absolute atomic E-state index is 0.0991. The Morgan fingerprint density at radius 2 is 1.44 bits per heavy atom. The summed E-state index contributed by atoms with van der Waals surface area (Å²) >= 11 is 0. The highest BCUT2D eigenvalue weighted by molar-refractivity contribution is 6.05. The summed E-state index contributed by atoms with van der Waals surface area (Å²) in [7, 11) is 0. The number of carbonyl (C=O) groups is 2. The van der Waals surface area contributed by atoms with Crippen molar-refractivity contribution in [3.63, 3.8) is 0 Å². The molecule has 244 valence electrons. The summed E-state index contributed by atoms with van der Waals surface area (Å²) in [4.78, 5) is 28.5. The lowest BCUT2D eigenvalue weighted by atomic mass is 10.0. The summed E-state index contributed by atoms with van der Waals surface area (Å²) in [6, 6.07) is 31.9. The maximum absolute atomic E-state index is 13.2. The lowest BCUT2D eigenvalue weighted by Crippen LogP contribution is -2.35. The van der Waals surface area contributed by atoms with E-state index < -0.39 is 0 Å². The van der Waals surface area contributed by atoms with E-state index in [1.54, 1.807) is 0 Å². The van der Waals surface area contributed by atoms with Crippen LogP contribution in [0.1, 0.15) is 65.3 Å². The highest BCUT2D eigenvalue weighted by Gasteiger charge is 2.18. The number of hydrogen-bond donors (Lipinski definition) is 2. The number of anilines is 2. The molecule has 1 saturated heterocycles. The topological polar surface area (TPSA) is 79.5 Å². The SMILES string of the molecule is CCCCCn1ccc2cc(CC(=O)c3ccc(-n4ccc5cc(NC(=O)c6ccc(N7CCC(O)CC7)cc6)ccc54)cc3)ccc21. The third kappa shape index (κ3) is 6.78. The fraction of sp³-hybridized carbons (Fsp3) is 0.268. The first-order chi connectivity index (χ1) is 23.4. The fourth-order valence-corrected chi connectivity index (χ4v) is 6.78. The number of ketones is 1. The number of aliphatic hydroxyl groups excluding tert-OH is 1. The Balaban J connectivity index is 0.983. The van der Waals surface area contributed by atoms with Gasteiger partial charge in [0.2, 0.25) is 0 Å². The van der Waals surface area contributed by atoms with Crippen molar-refractivity contribution in [2.45, 2.75) is 58.1 Å². The Labute approximate surface area is 281 Å². The second-order valence-electron chi connectivity index (χ2n) is 12.9. The minimum atomic E-state index is -0.215. The van der Waals surface area contributed by atoms with Crippen LogP contribution in [0.4, 0.5) is 11.4 Å². The van der Waals surface area contributed by atoms with Crippen LogP contribution in [0, 0.1) is 0 Å². The zero-order valence-corrected chi connectivity index (χ0v) is 27.4. The molecule has 0 saturated carbocycles. The Hall–Kier alpha value is -5.14. The second-order valence-corrected chi connectivity index (χ2v) is 12.9. The molecule has 0 aliphatic carbocycles. The molecule has 7 heteroatoms. The number of aliphatic hydroxyl groups is 1. The van der Waals surface area contributed by atoms with Crippen molar-refractivity contribution in [2.75, 3.05) is 23.3 Å². The van der Waals surface area contributed by atoms with E-state index in [0.717, 1.165) is 66.0 Å². The van der Waals surface area contributed by atoms with Crippen molar-refractivity contribution >= 4 is 44.9 Å². The van der Waals surface area contributed by atoms with Crippen LogP contribution < -0.4 is 10.2 Å². The van der Waals surface area contributed by atoms with Crippen molar-refractivity contribution in [3.05, 3.63) is 126 Å². The van der Waals surface area contributed by atoms with Gasteiger partial charge in [0.15, 0.2) is 5.78 Å². The first-order valence-corrected chi connectivity index (χ1v) is 17.1. The number of piperidine rings is 1. The van der Waals surface area contributed by atoms with Gasteiger partial charge in [-0.25, -0.2) is 0 Å². The molecule has 3 heterocycles. The summed E-state index contributed by atoms with van der Waals surface area (Å²) in [6.07, 6.45) is 9.47. The van der Waals surface area contributed by atoms with Crippen molar-refractivity contribution in [1.29, 1.82) is 0 Å². The average Bonchev–Trinajstić information content (AvgIpc) is 3.72. The monoisotopic (exact) mass is 638 g/mol. The molecule has 6 aromatic rings. The number of aryl methyl sites for hydroxylation is 1. The van der Waals surface area contributed by atoms with E-state index in [-0.39, 0.29) is 17.8 Å². The lowest BCUT2D eigenvalue weighted by molar-refractivity contribution is 0.0991. The van der Waals surface area contributed by atoms with Crippen LogP contribution in [0.3, 0.4) is 0 Å². The molecular formula is C41H42N4O3. The molecule has 0 bridgehead atoms. The van der Waals surface area contributed by atoms with Gasteiger partial charge in [0.25, 0.3) is 5.91 Å². The molecule has 2 N–H and O–H groups in total. The maximum atomic E-state index is 13.2. The summed E-state index contributed by atoms with van der Waals surface area (Å²) < 4.78 is 4.40. The van der Waals surface area contributed by atoms with Gasteiger partial charge in [-0.2, -0.15) is 0 Å². The largest absolute Gasteiger partial charge is 0.393 e. The number of nitrogens with zero attached hydrogens (tertiary/aromatic N) is 3. The van der Waals surface area contributed by atoms with Crippen LogP contribution in [0.25, 0.3) is 27.5 Å². The number of benzene rings is 4. The van der Waals surface area contributed by atoms with Gasteiger partial charge in [-0.15, -0.1) is 0 Å². The number of hydrogen-bond acceptors (Lipinski definition) is 4. The number of Topliss-reactive ketones (excluding diaryl/α,β-unsaturated/α-hetero) is 1. The van der Waals surface area contributed by atoms with Gasteiger partial charge in [0.1, 0.15) is 0 Å². The molecule has 1 aliphatic heterocycles. The van der Waals surface area contributed by atoms with Crippen LogP contribution in [-0.2, 0) is 13.0 Å². The fourth-order valence-electron chi connectivity index (χ4n) is 6.78. The van der Waals surface area contributed by atoms with Gasteiger partial charge >= 0.3 is 0 Å². The van der Waals surface area contributed by atoms with Crippen molar-refractivity contribution in [1.82, 2.24) is 9.13 Å². The first-order valence-electron chi connectivity index (χ1n) is 17.1. The van der Waals surface area contributed by atoms with E-state index in [1.807, 2.05) is 79.0 Å². The Bertz CT molecular complexity index is 2050. The standard InChI is InChI=1S/C41H42N4O3/c1-2-3-4-21-44-22-17-32-26-29(5-15-38(32)44)27-40(47)30-6-13-36(14-7-30)45-25-18-33-28-34(10-16-39(33)45)42-41(48)31-8-11-35(12-9-31)43-23-19-37(46)20-24-43/h5-18,22,25-26,28,37,46H,2-4,19-21,23-24,27H2,1H3,(H,42,48). The Morgan fingerprint density at radius 1 is 0.750 bits per heavy atom. The predicted molar refractivity (Wildman–Crippen MR) is 195 cm³/mol. The Kier molecular flexibility index (Phi) is 9.12. The van der Waals surface area contributed by atoms with Crippen LogP contribution in [0.2, 0.25) is 0 Å². The van der Waals surface area contributed by atoms with Gasteiger partial charge < -0.3 is 24.5 Å². The molecule has 1 aliphatic rings. The molecule has 2 aromatic heterocycles. The highest BCUT2D eigenvalue weighted by Crippen LogP contribution is 2.26. The molecule has 1 fully saturated rings. The molecule has 0 atom stereocenters. The van der Waals surface area contributed by atoms with E-state index in [4.69, 9.17) is 0 Å². The van der Waals surface area contributed by atoms with E-state index >= 15 is 0 Å². The molecule has 0 unspecified atom stereocenters. The van der Waals surface area contributed by atoms with Gasteiger partial charge in [-0.1, -0.05) is 25.8 Å². The van der Waals surface area contributed by atoms with E-state index in [9.17, 15) is 14.7 Å². The minimum Gasteiger partial charge on any atom is -0.393 e. The zero-order chi connectivity index (χ0) is 33.0. The number of nitrogens with one attached hydrogen (secondary N) is 1. The Morgan fingerprint density at radius 3 is 2.21 bits per heavy atom. The lowest BCUT2D eigenvalue weighted by Gasteiger charge is -2.31. The molecular weight excluding hydrogens is 596 g/mol. The van der Waals surface area contributed by atoms with Gasteiger partial charge in [-0.3, -0.25) is 9.59 Å². The quantitative estimate of drug-likeness (QED) is 0.110. The van der Waals surface area contributed by atoms with E-state index in [1.165, 1.54) is 30.2 Å². The summed E-state index contributed by atoms with van der Waals surface area (Å²) in [5.41, 5.74) is 7.32. The first kappa shape index (κ1) is 31.5. The van der Waals surface area contributed by atoms with Crippen molar-refractivity contribution < 1.29 is 14.7 Å². The number of aromatic nitrogens is 2. The third-order valence-corrected chi connectivity index (χ3v) is 9.58. The third-order valence-electron chi connectivity index (χ3n) is 9.58. The average molecular weight is 639 g/mol. The highest BCUT2D eigenvalue weighted by atomic mass is 16.3. The van der Waals surface area contributed by atoms with Crippen LogP contribution in [0.5, 0.6) is 0 Å². The van der Waals surface area contributed by atoms with Gasteiger partial charge in [-0.05, 0) is 121 Å². The number of carbonyl (C=O) groups excluding carboxylic acids is 2. The molecule has 4 aromatic carbocycles. The number of fused-ring (bicyclic) bond motifs is 2. The number of rotatable bonds is 11. The number of amides is 1. The predicted octanol–water partition coefficient (Wildman–Crippen LogP) is 8.41. The summed E-state index contributed by atoms with van der Waals surface area (Å²) in [5.74, 6) is -0.0580. The van der Waals surface area contributed by atoms with Crippen LogP contribution in [0.15, 0.2) is 109 Å². The molecule has 7 rings (SSSR count). The van der Waals surface area contributed by atoms with Crippen molar-refractivity contribution in [2.24, 2.45) is 0 Å². The zero-order valence-electron chi connectivity index (χ0n) is 27.4. The molecule has 48 heavy (non-hydrogen) atoms. The maximum Gasteiger partial charge on any atom is 0.255 e. The molecule has 7 nitrogen and oxygen atoms in total. The smallest absolute Gasteiger partial charge is 0.255 e. The van der Waals surface area contributed by atoms with Crippen LogP contribution >= 0.6 is 0 Å². The second kappa shape index (κ2) is 13.9. The van der Waals surface area contributed by atoms with Crippen LogP contribution in [-0.4, -0.2) is 45.1 Å². The van der Waals surface area contributed by atoms with Gasteiger partial charge in [0.05, 0.1) is 11.6 Å². The van der Waals surface area contributed by atoms with E-state index in [0.29, 0.717) is 17.5 Å². The molecule has 1 amide bonds. The van der Waals surface area contributed by atoms with Gasteiger partial charge in [0, 0.05) is 77.5 Å². The summed E-state index contributed by atoms with van der Waals surface area (Å²) in [6.45, 7) is 4.89. The van der Waals surface area contributed by atoms with E-state index in [2.05, 4.69) is 56.7 Å². The molecule has 0 radical (unpaired) electrons. The summed E-state index contributed by atoms with van der Waals surface area (Å²) in [5, 5.41) is 15.0. The number of unbranched alkanes of at least 4 members (excludes halogenated alkanes) is 2. The normalized spacial score (nSPS) is 13.8. The van der Waals surface area contributed by atoms with Crippen molar-refractivity contribution in [3.8, 4) is 5.69 Å².